The number of halogens is 1. The monoisotopic (exact) mass is 374 g/mol. The molecule has 0 unspecified atom stereocenters. The lowest BCUT2D eigenvalue weighted by Gasteiger charge is -2.11. The Morgan fingerprint density at radius 1 is 0.960 bits per heavy atom. The third-order valence-electron chi connectivity index (χ3n) is 3.56. The zero-order chi connectivity index (χ0) is 18.0. The predicted octanol–water partition coefficient (Wildman–Crippen LogP) is 4.25. The summed E-state index contributed by atoms with van der Waals surface area (Å²) in [4.78, 5) is 11.3. The molecule has 0 bridgehead atoms. The third-order valence-corrected chi connectivity index (χ3v) is 5.25. The molecule has 0 aliphatic heterocycles. The highest BCUT2D eigenvalue weighted by molar-refractivity contribution is 7.92. The molecule has 3 aromatic carbocycles. The number of carbonyl (C=O) groups excluding carboxylic acids is 1. The van der Waals surface area contributed by atoms with Crippen molar-refractivity contribution in [3.05, 3.63) is 65.7 Å². The van der Waals surface area contributed by atoms with Gasteiger partial charge in [-0.15, -0.1) is 0 Å². The van der Waals surface area contributed by atoms with E-state index in [1.54, 1.807) is 24.3 Å². The number of nitrogens with one attached hydrogen (secondary N) is 2. The molecule has 0 aliphatic rings. The molecule has 0 radical (unpaired) electrons. The molecule has 1 amide bonds. The molecule has 0 aromatic heterocycles. The van der Waals surface area contributed by atoms with E-state index in [0.717, 1.165) is 10.8 Å². The highest BCUT2D eigenvalue weighted by Crippen LogP contribution is 2.27. The Kier molecular flexibility index (Phi) is 4.65. The summed E-state index contributed by atoms with van der Waals surface area (Å²) >= 11 is 6.08. The second-order valence-electron chi connectivity index (χ2n) is 5.49. The number of fused-ring (bicyclic) bond motifs is 1. The first-order valence-corrected chi connectivity index (χ1v) is 9.30. The maximum atomic E-state index is 12.6. The summed E-state index contributed by atoms with van der Waals surface area (Å²) in [6, 6.07) is 17.0. The van der Waals surface area contributed by atoms with E-state index in [2.05, 4.69) is 10.0 Å². The van der Waals surface area contributed by atoms with Crippen LogP contribution < -0.4 is 10.0 Å². The fourth-order valence-electron chi connectivity index (χ4n) is 2.42. The van der Waals surface area contributed by atoms with Crippen LogP contribution in [0.3, 0.4) is 0 Å². The van der Waals surface area contributed by atoms with Crippen molar-refractivity contribution in [3.63, 3.8) is 0 Å². The number of amides is 1. The lowest BCUT2D eigenvalue weighted by molar-refractivity contribution is -0.114. The third kappa shape index (κ3) is 3.92. The van der Waals surface area contributed by atoms with Crippen molar-refractivity contribution >= 4 is 49.7 Å². The van der Waals surface area contributed by atoms with Crippen molar-refractivity contribution in [2.45, 2.75) is 11.8 Å². The van der Waals surface area contributed by atoms with Crippen molar-refractivity contribution in [3.8, 4) is 0 Å². The molecule has 0 saturated heterocycles. The van der Waals surface area contributed by atoms with E-state index in [0.29, 0.717) is 11.4 Å². The van der Waals surface area contributed by atoms with E-state index in [4.69, 9.17) is 11.6 Å². The van der Waals surface area contributed by atoms with E-state index in [1.807, 2.05) is 24.3 Å². The van der Waals surface area contributed by atoms with Gasteiger partial charge in [-0.3, -0.25) is 9.52 Å². The Balaban J connectivity index is 1.90. The van der Waals surface area contributed by atoms with Crippen molar-refractivity contribution in [2.24, 2.45) is 0 Å². The molecule has 2 N–H and O–H groups in total. The average molecular weight is 375 g/mol. The SMILES string of the molecule is CC(=O)Nc1ccc(NS(=O)(=O)c2ccc3ccccc3c2)cc1Cl. The molecular weight excluding hydrogens is 360 g/mol. The number of hydrogen-bond donors (Lipinski definition) is 2. The van der Waals surface area contributed by atoms with Crippen molar-refractivity contribution < 1.29 is 13.2 Å². The minimum atomic E-state index is -3.75. The highest BCUT2D eigenvalue weighted by Gasteiger charge is 2.15. The van der Waals surface area contributed by atoms with E-state index < -0.39 is 10.0 Å². The number of hydrogen-bond acceptors (Lipinski definition) is 3. The quantitative estimate of drug-likeness (QED) is 0.716. The molecule has 0 atom stereocenters. The summed E-state index contributed by atoms with van der Waals surface area (Å²) < 4.78 is 27.7. The van der Waals surface area contributed by atoms with Gasteiger partial charge in [0.05, 0.1) is 21.3 Å². The van der Waals surface area contributed by atoms with Crippen LogP contribution in [-0.4, -0.2) is 14.3 Å². The molecular formula is C18H15ClN2O3S. The Labute approximate surface area is 150 Å². The maximum absolute atomic E-state index is 12.6. The second kappa shape index (κ2) is 6.74. The van der Waals surface area contributed by atoms with Crippen molar-refractivity contribution in [1.82, 2.24) is 0 Å². The highest BCUT2D eigenvalue weighted by atomic mass is 35.5. The standard InChI is InChI=1S/C18H15ClN2O3S/c1-12(22)20-18-9-7-15(11-17(18)19)21-25(23,24)16-8-6-13-4-2-3-5-14(13)10-16/h2-11,21H,1H3,(H,20,22). The zero-order valence-electron chi connectivity index (χ0n) is 13.3. The van der Waals surface area contributed by atoms with Crippen LogP contribution in [0.1, 0.15) is 6.92 Å². The molecule has 0 saturated carbocycles. The summed E-state index contributed by atoms with van der Waals surface area (Å²) in [7, 11) is -3.75. The summed E-state index contributed by atoms with van der Waals surface area (Å²) in [5, 5.41) is 4.61. The number of sulfonamides is 1. The molecule has 128 valence electrons. The average Bonchev–Trinajstić information content (AvgIpc) is 2.56. The Morgan fingerprint density at radius 2 is 1.68 bits per heavy atom. The molecule has 25 heavy (non-hydrogen) atoms. The topological polar surface area (TPSA) is 75.3 Å². The molecule has 3 rings (SSSR count). The molecule has 3 aromatic rings. The van der Waals surface area contributed by atoms with Gasteiger partial charge in [-0.25, -0.2) is 8.42 Å². The van der Waals surface area contributed by atoms with E-state index in [1.165, 1.54) is 19.1 Å². The van der Waals surface area contributed by atoms with Gasteiger partial charge in [-0.2, -0.15) is 0 Å². The van der Waals surface area contributed by atoms with Crippen LogP contribution >= 0.6 is 11.6 Å². The van der Waals surface area contributed by atoms with Crippen LogP contribution in [0.4, 0.5) is 11.4 Å². The van der Waals surface area contributed by atoms with Crippen LogP contribution in [-0.2, 0) is 14.8 Å². The van der Waals surface area contributed by atoms with Gasteiger partial charge in [0.15, 0.2) is 0 Å². The summed E-state index contributed by atoms with van der Waals surface area (Å²) in [5.41, 5.74) is 0.732. The van der Waals surface area contributed by atoms with Gasteiger partial charge in [-0.1, -0.05) is 41.9 Å². The number of benzene rings is 3. The Hall–Kier alpha value is -2.57. The fourth-order valence-corrected chi connectivity index (χ4v) is 3.73. The lowest BCUT2D eigenvalue weighted by Crippen LogP contribution is -2.13. The lowest BCUT2D eigenvalue weighted by atomic mass is 10.1. The minimum Gasteiger partial charge on any atom is -0.325 e. The van der Waals surface area contributed by atoms with Gasteiger partial charge in [0.1, 0.15) is 0 Å². The zero-order valence-corrected chi connectivity index (χ0v) is 14.9. The molecule has 5 nitrogen and oxygen atoms in total. The second-order valence-corrected chi connectivity index (χ2v) is 7.58. The molecule has 0 fully saturated rings. The summed E-state index contributed by atoms with van der Waals surface area (Å²) in [5.74, 6) is -0.258. The van der Waals surface area contributed by atoms with Crippen molar-refractivity contribution in [2.75, 3.05) is 10.0 Å². The minimum absolute atomic E-state index is 0.160. The van der Waals surface area contributed by atoms with Crippen LogP contribution in [0.2, 0.25) is 5.02 Å². The maximum Gasteiger partial charge on any atom is 0.261 e. The summed E-state index contributed by atoms with van der Waals surface area (Å²) in [6.45, 7) is 1.37. The van der Waals surface area contributed by atoms with Crippen LogP contribution in [0.5, 0.6) is 0 Å². The van der Waals surface area contributed by atoms with Gasteiger partial charge in [0.2, 0.25) is 5.91 Å². The van der Waals surface area contributed by atoms with E-state index >= 15 is 0 Å². The molecule has 0 aliphatic carbocycles. The first kappa shape index (κ1) is 17.3. The molecule has 0 spiro atoms. The van der Waals surface area contributed by atoms with E-state index in [9.17, 15) is 13.2 Å². The van der Waals surface area contributed by atoms with Crippen LogP contribution in [0.15, 0.2) is 65.6 Å². The largest absolute Gasteiger partial charge is 0.325 e. The first-order chi connectivity index (χ1) is 11.8. The van der Waals surface area contributed by atoms with Crippen molar-refractivity contribution in [1.29, 1.82) is 0 Å². The Bertz CT molecular complexity index is 1060. The van der Waals surface area contributed by atoms with Gasteiger partial charge < -0.3 is 5.32 Å². The molecule has 7 heteroatoms. The number of anilines is 2. The smallest absolute Gasteiger partial charge is 0.261 e. The molecule has 0 heterocycles. The van der Waals surface area contributed by atoms with E-state index in [-0.39, 0.29) is 15.8 Å². The van der Waals surface area contributed by atoms with Crippen LogP contribution in [0, 0.1) is 0 Å². The first-order valence-electron chi connectivity index (χ1n) is 7.44. The van der Waals surface area contributed by atoms with Crippen LogP contribution in [0.25, 0.3) is 10.8 Å². The van der Waals surface area contributed by atoms with Gasteiger partial charge >= 0.3 is 0 Å². The van der Waals surface area contributed by atoms with Gasteiger partial charge in [-0.05, 0) is 41.1 Å². The number of carbonyl (C=O) groups is 1. The predicted molar refractivity (Wildman–Crippen MR) is 101 cm³/mol. The number of rotatable bonds is 4. The normalized spacial score (nSPS) is 11.3. The van der Waals surface area contributed by atoms with Gasteiger partial charge in [0.25, 0.3) is 10.0 Å². The summed E-state index contributed by atoms with van der Waals surface area (Å²) in [6.07, 6.45) is 0. The van der Waals surface area contributed by atoms with Gasteiger partial charge in [0, 0.05) is 6.92 Å². The Morgan fingerprint density at radius 3 is 2.36 bits per heavy atom. The fraction of sp³-hybridized carbons (Fsp3) is 0.0556.